The van der Waals surface area contributed by atoms with Crippen LogP contribution in [0.25, 0.3) is 0 Å². The molecule has 0 bridgehead atoms. The van der Waals surface area contributed by atoms with Crippen LogP contribution >= 0.6 is 0 Å². The Morgan fingerprint density at radius 1 is 1.20 bits per heavy atom. The largest absolute Gasteiger partial charge is 0.471 e. The Kier molecular flexibility index (Phi) is 4.46. The van der Waals surface area contributed by atoms with Crippen LogP contribution in [0, 0.1) is 0 Å². The molecule has 3 rings (SSSR count). The lowest BCUT2D eigenvalue weighted by Gasteiger charge is -2.43. The van der Waals surface area contributed by atoms with Crippen molar-refractivity contribution < 1.29 is 14.3 Å². The molecule has 4 nitrogen and oxygen atoms in total. The number of aliphatic hydroxyl groups is 1. The van der Waals surface area contributed by atoms with Gasteiger partial charge in [-0.15, -0.1) is 0 Å². The number of hydrogen-bond donors (Lipinski definition) is 1. The molecular weight excluding hydrogens is 330 g/mol. The number of nitrogens with zero attached hydrogens (tertiary/aromatic N) is 1. The van der Waals surface area contributed by atoms with Gasteiger partial charge in [-0.3, -0.25) is 0 Å². The van der Waals surface area contributed by atoms with E-state index in [4.69, 9.17) is 14.2 Å². The molecule has 1 spiro atoms. The maximum atomic E-state index is 10.6. The van der Waals surface area contributed by atoms with Crippen molar-refractivity contribution in [1.29, 1.82) is 0 Å². The van der Waals surface area contributed by atoms with Crippen LogP contribution in [0.4, 0.5) is 0 Å². The highest BCUT2D eigenvalue weighted by atomic mass is 28.4. The van der Waals surface area contributed by atoms with E-state index in [9.17, 15) is 5.11 Å². The molecule has 4 atom stereocenters. The van der Waals surface area contributed by atoms with Gasteiger partial charge in [0.25, 0.3) is 0 Å². The van der Waals surface area contributed by atoms with Gasteiger partial charge in [0.15, 0.2) is 8.32 Å². The first-order valence-electron chi connectivity index (χ1n) is 8.94. The minimum absolute atomic E-state index is 0.0607. The van der Waals surface area contributed by atoms with Gasteiger partial charge in [-0.25, -0.2) is 4.99 Å². The van der Waals surface area contributed by atoms with Gasteiger partial charge in [0.2, 0.25) is 5.90 Å². The maximum Gasteiger partial charge on any atom is 0.217 e. The summed E-state index contributed by atoms with van der Waals surface area (Å²) in [4.78, 5) is 4.91. The van der Waals surface area contributed by atoms with E-state index in [1.807, 2.05) is 43.3 Å². The molecule has 2 aliphatic rings. The van der Waals surface area contributed by atoms with Crippen LogP contribution in [0.3, 0.4) is 0 Å². The second-order valence-corrected chi connectivity index (χ2v) is 13.3. The molecule has 0 aromatic heterocycles. The predicted octanol–water partition coefficient (Wildman–Crippen LogP) is 3.91. The van der Waals surface area contributed by atoms with Crippen LogP contribution in [0.15, 0.2) is 47.5 Å². The summed E-state index contributed by atoms with van der Waals surface area (Å²) < 4.78 is 12.7. The normalized spacial score (nSPS) is 32.1. The van der Waals surface area contributed by atoms with E-state index in [0.717, 1.165) is 5.56 Å². The van der Waals surface area contributed by atoms with Crippen LogP contribution in [0.2, 0.25) is 18.1 Å². The van der Waals surface area contributed by atoms with E-state index in [1.165, 1.54) is 0 Å². The van der Waals surface area contributed by atoms with Gasteiger partial charge in [0.1, 0.15) is 17.7 Å². The summed E-state index contributed by atoms with van der Waals surface area (Å²) in [6.45, 7) is 13.0. The Morgan fingerprint density at radius 2 is 1.84 bits per heavy atom. The van der Waals surface area contributed by atoms with Crippen molar-refractivity contribution in [3.8, 4) is 0 Å². The highest BCUT2D eigenvalue weighted by Gasteiger charge is 2.56. The topological polar surface area (TPSA) is 51.0 Å². The van der Waals surface area contributed by atoms with Gasteiger partial charge in [-0.2, -0.15) is 0 Å². The smallest absolute Gasteiger partial charge is 0.217 e. The standard InChI is InChI=1S/C20H29NO3Si/c1-14-20(21-18(23-14)15-10-8-7-9-11-15)13-12-16(22)17(20)24-25(5,6)19(2,3)4/h7-14,16-17,22H,1-6H3/t14?,16?,17?,20-/m1/s1. The molecule has 1 aliphatic carbocycles. The summed E-state index contributed by atoms with van der Waals surface area (Å²) in [5.74, 6) is 0.621. The van der Waals surface area contributed by atoms with Crippen LogP contribution in [0.1, 0.15) is 33.3 Å². The second-order valence-electron chi connectivity index (χ2n) is 8.58. The van der Waals surface area contributed by atoms with Crippen molar-refractivity contribution in [2.24, 2.45) is 4.99 Å². The average molecular weight is 360 g/mol. The van der Waals surface area contributed by atoms with Gasteiger partial charge < -0.3 is 14.3 Å². The molecule has 0 fully saturated rings. The van der Waals surface area contributed by atoms with Crippen LogP contribution < -0.4 is 0 Å². The minimum atomic E-state index is -2.06. The summed E-state index contributed by atoms with van der Waals surface area (Å²) in [5, 5.41) is 10.7. The summed E-state index contributed by atoms with van der Waals surface area (Å²) in [6.07, 6.45) is 2.50. The summed E-state index contributed by atoms with van der Waals surface area (Å²) in [6, 6.07) is 9.90. The molecule has 1 aliphatic heterocycles. The Hall–Kier alpha value is -1.43. The monoisotopic (exact) mass is 359 g/mol. The lowest BCUT2D eigenvalue weighted by molar-refractivity contribution is 0.00574. The predicted molar refractivity (Wildman–Crippen MR) is 103 cm³/mol. The zero-order valence-electron chi connectivity index (χ0n) is 16.0. The van der Waals surface area contributed by atoms with E-state index in [1.54, 1.807) is 6.08 Å². The van der Waals surface area contributed by atoms with E-state index in [2.05, 4.69) is 33.9 Å². The maximum absolute atomic E-state index is 10.6. The first kappa shape index (κ1) is 18.4. The van der Waals surface area contributed by atoms with Crippen LogP contribution in [0.5, 0.6) is 0 Å². The summed E-state index contributed by atoms with van der Waals surface area (Å²) in [5.41, 5.74) is 0.284. The third-order valence-corrected chi connectivity index (χ3v) is 10.3. The third-order valence-electron chi connectivity index (χ3n) is 5.81. The molecule has 5 heteroatoms. The Balaban J connectivity index is 1.96. The van der Waals surface area contributed by atoms with Gasteiger partial charge in [-0.05, 0) is 37.2 Å². The number of aliphatic hydroxyl groups excluding tert-OH is 1. The molecule has 1 aromatic rings. The third kappa shape index (κ3) is 3.09. The van der Waals surface area contributed by atoms with Crippen molar-refractivity contribution in [2.45, 2.75) is 69.7 Å². The second kappa shape index (κ2) is 6.08. The molecular formula is C20H29NO3Si. The fourth-order valence-electron chi connectivity index (χ4n) is 3.12. The van der Waals surface area contributed by atoms with Gasteiger partial charge >= 0.3 is 0 Å². The van der Waals surface area contributed by atoms with Gasteiger partial charge in [0.05, 0.1) is 6.10 Å². The molecule has 0 saturated heterocycles. The van der Waals surface area contributed by atoms with Crippen LogP contribution in [-0.4, -0.2) is 43.2 Å². The van der Waals surface area contributed by atoms with Gasteiger partial charge in [-0.1, -0.05) is 51.1 Å². The molecule has 136 valence electrons. The average Bonchev–Trinajstić information content (AvgIpc) is 3.03. The highest BCUT2D eigenvalue weighted by Crippen LogP contribution is 2.45. The van der Waals surface area contributed by atoms with E-state index < -0.39 is 26.1 Å². The Bertz CT molecular complexity index is 693. The molecule has 25 heavy (non-hydrogen) atoms. The summed E-state index contributed by atoms with van der Waals surface area (Å²) >= 11 is 0. The van der Waals surface area contributed by atoms with E-state index in [0.29, 0.717) is 5.90 Å². The number of benzene rings is 1. The molecule has 1 N–H and O–H groups in total. The fourth-order valence-corrected chi connectivity index (χ4v) is 4.43. The first-order chi connectivity index (χ1) is 11.6. The zero-order valence-corrected chi connectivity index (χ0v) is 17.0. The molecule has 1 aromatic carbocycles. The summed E-state index contributed by atoms with van der Waals surface area (Å²) in [7, 11) is -2.06. The lowest BCUT2D eigenvalue weighted by atomic mass is 9.91. The highest BCUT2D eigenvalue weighted by molar-refractivity contribution is 6.74. The molecule has 0 saturated carbocycles. The van der Waals surface area contributed by atoms with E-state index in [-0.39, 0.29) is 11.1 Å². The van der Waals surface area contributed by atoms with Crippen molar-refractivity contribution >= 4 is 14.2 Å². The Labute approximate surface area is 151 Å². The quantitative estimate of drug-likeness (QED) is 0.657. The minimum Gasteiger partial charge on any atom is -0.471 e. The molecule has 0 radical (unpaired) electrons. The lowest BCUT2D eigenvalue weighted by Crippen LogP contribution is -2.55. The SMILES string of the molecule is CC1OC(c2ccccc2)=N[C@]12C=CC(O)C2O[Si](C)(C)C(C)(C)C. The molecule has 3 unspecified atom stereocenters. The Morgan fingerprint density at radius 3 is 2.44 bits per heavy atom. The zero-order chi connectivity index (χ0) is 18.5. The van der Waals surface area contributed by atoms with Gasteiger partial charge in [0, 0.05) is 5.56 Å². The number of rotatable bonds is 3. The number of ether oxygens (including phenoxy) is 1. The fraction of sp³-hybridized carbons (Fsp3) is 0.550. The number of aliphatic imine (C=N–C) groups is 1. The van der Waals surface area contributed by atoms with Crippen molar-refractivity contribution in [2.75, 3.05) is 0 Å². The molecule has 1 heterocycles. The van der Waals surface area contributed by atoms with Crippen molar-refractivity contribution in [1.82, 2.24) is 0 Å². The number of hydrogen-bond acceptors (Lipinski definition) is 4. The molecule has 0 amide bonds. The van der Waals surface area contributed by atoms with E-state index >= 15 is 0 Å². The van der Waals surface area contributed by atoms with Crippen molar-refractivity contribution in [3.05, 3.63) is 48.0 Å². The van der Waals surface area contributed by atoms with Crippen LogP contribution in [-0.2, 0) is 9.16 Å². The first-order valence-corrected chi connectivity index (χ1v) is 11.8. The van der Waals surface area contributed by atoms with Crippen molar-refractivity contribution in [3.63, 3.8) is 0 Å².